The summed E-state index contributed by atoms with van der Waals surface area (Å²) in [5.41, 5.74) is -1.41. The number of aliphatic hydroxyl groups is 2. The minimum atomic E-state index is -1.41. The Hall–Kier alpha value is -0.650. The molecule has 0 spiro atoms. The Morgan fingerprint density at radius 1 is 1.58 bits per heavy atom. The topological polar surface area (TPSA) is 70.0 Å². The molecule has 1 rings (SSSR count). The van der Waals surface area contributed by atoms with Crippen LogP contribution in [0.5, 0.6) is 0 Å². The van der Waals surface area contributed by atoms with Crippen LogP contribution in [0.3, 0.4) is 0 Å². The SMILES string of the molecule is CN1CCOC(CO)(CO)C1=O. The summed E-state index contributed by atoms with van der Waals surface area (Å²) >= 11 is 0. The quantitative estimate of drug-likeness (QED) is 0.519. The van der Waals surface area contributed by atoms with Crippen LogP contribution in [0.4, 0.5) is 0 Å². The van der Waals surface area contributed by atoms with E-state index in [1.807, 2.05) is 0 Å². The van der Waals surface area contributed by atoms with Gasteiger partial charge in [0.15, 0.2) is 5.60 Å². The van der Waals surface area contributed by atoms with Crippen LogP contribution < -0.4 is 0 Å². The van der Waals surface area contributed by atoms with Gasteiger partial charge < -0.3 is 19.8 Å². The zero-order chi connectivity index (χ0) is 9.19. The van der Waals surface area contributed by atoms with E-state index in [1.165, 1.54) is 4.90 Å². The van der Waals surface area contributed by atoms with Gasteiger partial charge in [0.05, 0.1) is 19.8 Å². The maximum absolute atomic E-state index is 11.4. The number of likely N-dealkylation sites (N-methyl/N-ethyl adjacent to an activating group) is 1. The molecule has 1 saturated heterocycles. The summed E-state index contributed by atoms with van der Waals surface area (Å²) in [6.07, 6.45) is 0. The van der Waals surface area contributed by atoms with E-state index in [0.29, 0.717) is 13.2 Å². The normalized spacial score (nSPS) is 22.9. The van der Waals surface area contributed by atoms with Crippen molar-refractivity contribution in [3.63, 3.8) is 0 Å². The lowest BCUT2D eigenvalue weighted by Gasteiger charge is -2.37. The molecule has 0 saturated carbocycles. The Morgan fingerprint density at radius 3 is 2.58 bits per heavy atom. The highest BCUT2D eigenvalue weighted by atomic mass is 16.5. The van der Waals surface area contributed by atoms with Crippen molar-refractivity contribution in [3.05, 3.63) is 0 Å². The summed E-state index contributed by atoms with van der Waals surface area (Å²) in [6.45, 7) is -0.108. The molecule has 0 atom stereocenters. The molecule has 0 aromatic carbocycles. The van der Waals surface area contributed by atoms with E-state index < -0.39 is 18.8 Å². The predicted molar refractivity (Wildman–Crippen MR) is 40.5 cm³/mol. The molecule has 1 heterocycles. The van der Waals surface area contributed by atoms with Gasteiger partial charge in [0.2, 0.25) is 0 Å². The Bertz CT molecular complexity index is 178. The third kappa shape index (κ3) is 1.31. The lowest BCUT2D eigenvalue weighted by molar-refractivity contribution is -0.183. The van der Waals surface area contributed by atoms with E-state index in [-0.39, 0.29) is 5.91 Å². The molecule has 0 radical (unpaired) electrons. The first-order valence-corrected chi connectivity index (χ1v) is 3.77. The van der Waals surface area contributed by atoms with Crippen molar-refractivity contribution in [2.75, 3.05) is 33.4 Å². The molecular weight excluding hydrogens is 162 g/mol. The van der Waals surface area contributed by atoms with E-state index in [9.17, 15) is 4.79 Å². The number of aliphatic hydroxyl groups excluding tert-OH is 2. The van der Waals surface area contributed by atoms with E-state index >= 15 is 0 Å². The van der Waals surface area contributed by atoms with Gasteiger partial charge in [-0.2, -0.15) is 0 Å². The van der Waals surface area contributed by atoms with Gasteiger partial charge in [-0.05, 0) is 0 Å². The number of nitrogens with zero attached hydrogens (tertiary/aromatic N) is 1. The summed E-state index contributed by atoms with van der Waals surface area (Å²) in [4.78, 5) is 12.8. The van der Waals surface area contributed by atoms with Crippen molar-refractivity contribution in [2.24, 2.45) is 0 Å². The second kappa shape index (κ2) is 3.38. The van der Waals surface area contributed by atoms with Crippen molar-refractivity contribution >= 4 is 5.91 Å². The molecule has 1 fully saturated rings. The van der Waals surface area contributed by atoms with Crippen molar-refractivity contribution in [3.8, 4) is 0 Å². The monoisotopic (exact) mass is 175 g/mol. The van der Waals surface area contributed by atoms with Crippen molar-refractivity contribution in [2.45, 2.75) is 5.60 Å². The van der Waals surface area contributed by atoms with Gasteiger partial charge in [0.25, 0.3) is 5.91 Å². The zero-order valence-electron chi connectivity index (χ0n) is 6.99. The van der Waals surface area contributed by atoms with Gasteiger partial charge in [0.1, 0.15) is 0 Å². The standard InChI is InChI=1S/C7H13NO4/c1-8-2-3-12-7(4-9,5-10)6(8)11/h9-10H,2-5H2,1H3. The van der Waals surface area contributed by atoms with Crippen molar-refractivity contribution in [1.82, 2.24) is 4.90 Å². The van der Waals surface area contributed by atoms with E-state index in [4.69, 9.17) is 14.9 Å². The van der Waals surface area contributed by atoms with Crippen LogP contribution in [-0.2, 0) is 9.53 Å². The largest absolute Gasteiger partial charge is 0.393 e. The number of hydrogen-bond donors (Lipinski definition) is 2. The van der Waals surface area contributed by atoms with Crippen LogP contribution >= 0.6 is 0 Å². The van der Waals surface area contributed by atoms with Gasteiger partial charge in [-0.25, -0.2) is 0 Å². The van der Waals surface area contributed by atoms with Gasteiger partial charge in [-0.15, -0.1) is 0 Å². The molecule has 70 valence electrons. The van der Waals surface area contributed by atoms with Crippen LogP contribution in [0, 0.1) is 0 Å². The first-order chi connectivity index (χ1) is 5.66. The Balaban J connectivity index is 2.79. The number of carbonyl (C=O) groups excluding carboxylic acids is 1. The highest BCUT2D eigenvalue weighted by Crippen LogP contribution is 2.17. The first kappa shape index (κ1) is 9.44. The first-order valence-electron chi connectivity index (χ1n) is 3.77. The van der Waals surface area contributed by atoms with E-state index in [2.05, 4.69) is 0 Å². The molecule has 12 heavy (non-hydrogen) atoms. The number of rotatable bonds is 2. The second-order valence-corrected chi connectivity index (χ2v) is 2.89. The minimum Gasteiger partial charge on any atom is -0.393 e. The smallest absolute Gasteiger partial charge is 0.259 e. The van der Waals surface area contributed by atoms with Crippen LogP contribution in [0.25, 0.3) is 0 Å². The van der Waals surface area contributed by atoms with Crippen LogP contribution in [-0.4, -0.2) is 60.0 Å². The fourth-order valence-corrected chi connectivity index (χ4v) is 1.17. The molecule has 0 aliphatic carbocycles. The molecule has 1 aliphatic rings. The number of carbonyl (C=O) groups is 1. The molecule has 0 unspecified atom stereocenters. The number of ether oxygens (including phenoxy) is 1. The second-order valence-electron chi connectivity index (χ2n) is 2.89. The fraction of sp³-hybridized carbons (Fsp3) is 0.857. The molecule has 1 aliphatic heterocycles. The van der Waals surface area contributed by atoms with E-state index in [0.717, 1.165) is 0 Å². The molecule has 0 aromatic rings. The maximum atomic E-state index is 11.4. The minimum absolute atomic E-state index is 0.351. The molecule has 0 bridgehead atoms. The summed E-state index contributed by atoms with van der Waals surface area (Å²) in [6, 6.07) is 0. The molecule has 5 nitrogen and oxygen atoms in total. The molecule has 5 heteroatoms. The van der Waals surface area contributed by atoms with Gasteiger partial charge >= 0.3 is 0 Å². The fourth-order valence-electron chi connectivity index (χ4n) is 1.17. The predicted octanol–water partition coefficient (Wildman–Crippen LogP) is -1.80. The molecule has 0 aromatic heterocycles. The number of amides is 1. The van der Waals surface area contributed by atoms with Gasteiger partial charge in [-0.1, -0.05) is 0 Å². The van der Waals surface area contributed by atoms with E-state index in [1.54, 1.807) is 7.05 Å². The van der Waals surface area contributed by atoms with Crippen molar-refractivity contribution in [1.29, 1.82) is 0 Å². The third-order valence-electron chi connectivity index (χ3n) is 2.05. The van der Waals surface area contributed by atoms with Crippen molar-refractivity contribution < 1.29 is 19.7 Å². The highest BCUT2D eigenvalue weighted by Gasteiger charge is 2.43. The molecular formula is C7H13NO4. The summed E-state index contributed by atoms with van der Waals surface area (Å²) < 4.78 is 5.06. The van der Waals surface area contributed by atoms with Crippen LogP contribution in [0.1, 0.15) is 0 Å². The highest BCUT2D eigenvalue weighted by molar-refractivity contribution is 5.86. The average molecular weight is 175 g/mol. The van der Waals surface area contributed by atoms with Crippen LogP contribution in [0.2, 0.25) is 0 Å². The summed E-state index contributed by atoms with van der Waals surface area (Å²) in [5, 5.41) is 17.8. The summed E-state index contributed by atoms with van der Waals surface area (Å²) in [7, 11) is 1.62. The average Bonchev–Trinajstić information content (AvgIpc) is 2.11. The Kier molecular flexibility index (Phi) is 2.66. The van der Waals surface area contributed by atoms with Gasteiger partial charge in [0, 0.05) is 13.6 Å². The maximum Gasteiger partial charge on any atom is 0.259 e. The molecule has 1 amide bonds. The zero-order valence-corrected chi connectivity index (χ0v) is 6.99. The number of hydrogen-bond acceptors (Lipinski definition) is 4. The summed E-state index contributed by atoms with van der Waals surface area (Å²) in [5.74, 6) is -0.362. The Morgan fingerprint density at radius 2 is 2.17 bits per heavy atom. The van der Waals surface area contributed by atoms with Crippen LogP contribution in [0.15, 0.2) is 0 Å². The molecule has 2 N–H and O–H groups in total. The Labute approximate surface area is 70.5 Å². The third-order valence-corrected chi connectivity index (χ3v) is 2.05. The lowest BCUT2D eigenvalue weighted by atomic mass is 10.0. The lowest BCUT2D eigenvalue weighted by Crippen LogP contribution is -2.59. The van der Waals surface area contributed by atoms with Gasteiger partial charge in [-0.3, -0.25) is 4.79 Å². The number of morpholine rings is 1.